The van der Waals surface area contributed by atoms with Gasteiger partial charge in [0.1, 0.15) is 11.5 Å². The van der Waals surface area contributed by atoms with E-state index in [4.69, 9.17) is 33.7 Å². The number of alkyl halides is 3. The molecule has 112 valence electrons. The standard InChI is InChI=1S/C14H10Cl2F3NO/c15-9-2-4-13(12(16)5-9)21-10-3-1-8(7-20)11(6-10)14(17,18)19/h1-6H,7,20H2. The summed E-state index contributed by atoms with van der Waals surface area (Å²) in [5.74, 6) is 0.235. The first-order chi connectivity index (χ1) is 9.81. The first-order valence-corrected chi connectivity index (χ1v) is 6.60. The Balaban J connectivity index is 2.37. The number of hydrogen-bond donors (Lipinski definition) is 1. The largest absolute Gasteiger partial charge is 0.456 e. The van der Waals surface area contributed by atoms with Crippen LogP contribution in [-0.2, 0) is 12.7 Å². The van der Waals surface area contributed by atoms with Crippen molar-refractivity contribution in [2.45, 2.75) is 12.7 Å². The van der Waals surface area contributed by atoms with Gasteiger partial charge in [-0.1, -0.05) is 29.3 Å². The van der Waals surface area contributed by atoms with Gasteiger partial charge >= 0.3 is 6.18 Å². The molecule has 2 rings (SSSR count). The number of nitrogens with two attached hydrogens (primary N) is 1. The highest BCUT2D eigenvalue weighted by atomic mass is 35.5. The summed E-state index contributed by atoms with van der Waals surface area (Å²) >= 11 is 11.7. The predicted octanol–water partition coefficient (Wildman–Crippen LogP) is 5.26. The second-order valence-corrected chi connectivity index (χ2v) is 5.04. The molecule has 0 aliphatic heterocycles. The highest BCUT2D eigenvalue weighted by Gasteiger charge is 2.33. The van der Waals surface area contributed by atoms with Gasteiger partial charge in [0.25, 0.3) is 0 Å². The molecule has 0 aliphatic rings. The van der Waals surface area contributed by atoms with Crippen LogP contribution in [0, 0.1) is 0 Å². The minimum atomic E-state index is -4.50. The fourth-order valence-electron chi connectivity index (χ4n) is 1.75. The molecule has 2 N–H and O–H groups in total. The first-order valence-electron chi connectivity index (χ1n) is 5.84. The lowest BCUT2D eigenvalue weighted by Crippen LogP contribution is -2.12. The SMILES string of the molecule is NCc1ccc(Oc2ccc(Cl)cc2Cl)cc1C(F)(F)F. The molecule has 0 bridgehead atoms. The van der Waals surface area contributed by atoms with Gasteiger partial charge in [-0.25, -0.2) is 0 Å². The van der Waals surface area contributed by atoms with Crippen LogP contribution in [0.2, 0.25) is 10.0 Å². The second-order valence-electron chi connectivity index (χ2n) is 4.20. The van der Waals surface area contributed by atoms with Crippen LogP contribution >= 0.6 is 23.2 Å². The molecule has 0 saturated heterocycles. The van der Waals surface area contributed by atoms with E-state index >= 15 is 0 Å². The van der Waals surface area contributed by atoms with E-state index in [2.05, 4.69) is 0 Å². The molecular weight excluding hydrogens is 326 g/mol. The van der Waals surface area contributed by atoms with E-state index in [-0.39, 0.29) is 28.6 Å². The lowest BCUT2D eigenvalue weighted by molar-refractivity contribution is -0.138. The van der Waals surface area contributed by atoms with Crippen molar-refractivity contribution >= 4 is 23.2 Å². The van der Waals surface area contributed by atoms with Crippen LogP contribution in [0.4, 0.5) is 13.2 Å². The minimum Gasteiger partial charge on any atom is -0.456 e. The van der Waals surface area contributed by atoms with Gasteiger partial charge in [0.05, 0.1) is 10.6 Å². The van der Waals surface area contributed by atoms with Gasteiger partial charge in [0, 0.05) is 11.6 Å². The molecule has 0 amide bonds. The first kappa shape index (κ1) is 15.9. The molecule has 2 nitrogen and oxygen atoms in total. The van der Waals surface area contributed by atoms with Crippen molar-refractivity contribution in [3.63, 3.8) is 0 Å². The lowest BCUT2D eigenvalue weighted by atomic mass is 10.1. The van der Waals surface area contributed by atoms with Crippen molar-refractivity contribution in [2.75, 3.05) is 0 Å². The fraction of sp³-hybridized carbons (Fsp3) is 0.143. The van der Waals surface area contributed by atoms with Crippen LogP contribution < -0.4 is 10.5 Å². The van der Waals surface area contributed by atoms with Crippen molar-refractivity contribution in [2.24, 2.45) is 5.73 Å². The van der Waals surface area contributed by atoms with Crippen LogP contribution in [0.3, 0.4) is 0 Å². The highest BCUT2D eigenvalue weighted by molar-refractivity contribution is 6.35. The van der Waals surface area contributed by atoms with Crippen molar-refractivity contribution < 1.29 is 17.9 Å². The Labute approximate surface area is 129 Å². The molecule has 0 unspecified atom stereocenters. The van der Waals surface area contributed by atoms with Crippen molar-refractivity contribution in [1.82, 2.24) is 0 Å². The molecule has 0 aliphatic carbocycles. The van der Waals surface area contributed by atoms with Gasteiger partial charge in [0.2, 0.25) is 0 Å². The zero-order valence-electron chi connectivity index (χ0n) is 10.5. The quantitative estimate of drug-likeness (QED) is 0.829. The minimum absolute atomic E-state index is 0.00273. The van der Waals surface area contributed by atoms with Crippen LogP contribution in [-0.4, -0.2) is 0 Å². The van der Waals surface area contributed by atoms with Crippen molar-refractivity contribution in [3.8, 4) is 11.5 Å². The van der Waals surface area contributed by atoms with Crippen LogP contribution in [0.15, 0.2) is 36.4 Å². The fourth-order valence-corrected chi connectivity index (χ4v) is 2.19. The highest BCUT2D eigenvalue weighted by Crippen LogP contribution is 2.37. The Bertz CT molecular complexity index is 659. The number of ether oxygens (including phenoxy) is 1. The predicted molar refractivity (Wildman–Crippen MR) is 75.9 cm³/mol. The van der Waals surface area contributed by atoms with Crippen molar-refractivity contribution in [3.05, 3.63) is 57.6 Å². The van der Waals surface area contributed by atoms with Gasteiger partial charge in [-0.2, -0.15) is 13.2 Å². The topological polar surface area (TPSA) is 35.2 Å². The van der Waals surface area contributed by atoms with Crippen LogP contribution in [0.25, 0.3) is 0 Å². The monoisotopic (exact) mass is 335 g/mol. The average molecular weight is 336 g/mol. The van der Waals surface area contributed by atoms with E-state index in [1.807, 2.05) is 0 Å². The molecule has 21 heavy (non-hydrogen) atoms. The van der Waals surface area contributed by atoms with E-state index in [0.29, 0.717) is 5.02 Å². The summed E-state index contributed by atoms with van der Waals surface area (Å²) < 4.78 is 44.2. The summed E-state index contributed by atoms with van der Waals surface area (Å²) in [7, 11) is 0. The molecule has 2 aromatic rings. The molecule has 0 fully saturated rings. The Hall–Kier alpha value is -1.43. The third kappa shape index (κ3) is 3.81. The summed E-state index contributed by atoms with van der Waals surface area (Å²) in [4.78, 5) is 0. The average Bonchev–Trinajstić information content (AvgIpc) is 2.41. The molecule has 0 aromatic heterocycles. The molecule has 7 heteroatoms. The van der Waals surface area contributed by atoms with Gasteiger partial charge in [-0.05, 0) is 35.9 Å². The van der Waals surface area contributed by atoms with Gasteiger partial charge in [0.15, 0.2) is 0 Å². The van der Waals surface area contributed by atoms with E-state index < -0.39 is 11.7 Å². The molecular formula is C14H10Cl2F3NO. The van der Waals surface area contributed by atoms with Crippen LogP contribution in [0.1, 0.15) is 11.1 Å². The van der Waals surface area contributed by atoms with Gasteiger partial charge in [-0.15, -0.1) is 0 Å². The molecule has 0 atom stereocenters. The summed E-state index contributed by atoms with van der Waals surface area (Å²) in [6.07, 6.45) is -4.50. The maximum atomic E-state index is 12.9. The number of rotatable bonds is 3. The zero-order valence-corrected chi connectivity index (χ0v) is 12.1. The molecule has 0 saturated carbocycles. The second kappa shape index (κ2) is 6.13. The van der Waals surface area contributed by atoms with Crippen LogP contribution in [0.5, 0.6) is 11.5 Å². The number of hydrogen-bond acceptors (Lipinski definition) is 2. The number of halogens is 5. The number of benzene rings is 2. The third-order valence-corrected chi connectivity index (χ3v) is 3.26. The van der Waals surface area contributed by atoms with Gasteiger partial charge in [-0.3, -0.25) is 0 Å². The smallest absolute Gasteiger partial charge is 0.416 e. The lowest BCUT2D eigenvalue weighted by Gasteiger charge is -2.14. The van der Waals surface area contributed by atoms with E-state index in [9.17, 15) is 13.2 Å². The molecule has 0 spiro atoms. The molecule has 0 heterocycles. The normalized spacial score (nSPS) is 11.5. The Morgan fingerprint density at radius 1 is 1.05 bits per heavy atom. The van der Waals surface area contributed by atoms with E-state index in [0.717, 1.165) is 6.07 Å². The summed E-state index contributed by atoms with van der Waals surface area (Å²) in [5.41, 5.74) is 4.49. The van der Waals surface area contributed by atoms with Gasteiger partial charge < -0.3 is 10.5 Å². The van der Waals surface area contributed by atoms with E-state index in [1.165, 1.54) is 30.3 Å². The summed E-state index contributed by atoms with van der Waals surface area (Å²) in [6.45, 7) is -0.211. The Kier molecular flexibility index (Phi) is 4.66. The molecule has 2 aromatic carbocycles. The summed E-state index contributed by atoms with van der Waals surface area (Å²) in [5, 5.41) is 0.612. The molecule has 0 radical (unpaired) electrons. The maximum absolute atomic E-state index is 12.9. The maximum Gasteiger partial charge on any atom is 0.416 e. The summed E-state index contributed by atoms with van der Waals surface area (Å²) in [6, 6.07) is 8.03. The van der Waals surface area contributed by atoms with E-state index in [1.54, 1.807) is 0 Å². The Morgan fingerprint density at radius 2 is 1.76 bits per heavy atom. The zero-order chi connectivity index (χ0) is 15.6. The third-order valence-electron chi connectivity index (χ3n) is 2.73. The Morgan fingerprint density at radius 3 is 2.33 bits per heavy atom. The van der Waals surface area contributed by atoms with Crippen molar-refractivity contribution in [1.29, 1.82) is 0 Å².